The highest BCUT2D eigenvalue weighted by atomic mass is 32.2. The summed E-state index contributed by atoms with van der Waals surface area (Å²) in [7, 11) is 0. The Balaban J connectivity index is 2.02. The van der Waals surface area contributed by atoms with Crippen molar-refractivity contribution >= 4 is 17.7 Å². The van der Waals surface area contributed by atoms with E-state index in [1.165, 1.54) is 32.1 Å². The summed E-state index contributed by atoms with van der Waals surface area (Å²) in [5.41, 5.74) is 5.99. The largest absolute Gasteiger partial charge is 0.339 e. The van der Waals surface area contributed by atoms with Gasteiger partial charge >= 0.3 is 0 Å². The topological polar surface area (TPSA) is 46.3 Å². The van der Waals surface area contributed by atoms with Crippen LogP contribution < -0.4 is 5.73 Å². The second-order valence-electron chi connectivity index (χ2n) is 7.20. The monoisotopic (exact) mass is 284 g/mol. The lowest BCUT2D eigenvalue weighted by Crippen LogP contribution is -2.56. The SMILES string of the molecule is CC(C)(C)[C@H](N)C(=O)N1CCSC2(CCCCC2)C1. The Kier molecular flexibility index (Phi) is 4.51. The lowest BCUT2D eigenvalue weighted by Gasteiger charge is -2.46. The molecule has 1 amide bonds. The van der Waals surface area contributed by atoms with Crippen molar-refractivity contribution in [2.24, 2.45) is 11.1 Å². The van der Waals surface area contributed by atoms with E-state index in [9.17, 15) is 4.79 Å². The van der Waals surface area contributed by atoms with Crippen LogP contribution >= 0.6 is 11.8 Å². The lowest BCUT2D eigenvalue weighted by molar-refractivity contribution is -0.135. The molecule has 1 saturated heterocycles. The number of amides is 1. The van der Waals surface area contributed by atoms with Gasteiger partial charge in [-0.25, -0.2) is 0 Å². The van der Waals surface area contributed by atoms with Crippen LogP contribution in [0.15, 0.2) is 0 Å². The number of nitrogens with two attached hydrogens (primary N) is 1. The quantitative estimate of drug-likeness (QED) is 0.805. The lowest BCUT2D eigenvalue weighted by atomic mass is 9.85. The molecule has 2 N–H and O–H groups in total. The predicted molar refractivity (Wildman–Crippen MR) is 82.3 cm³/mol. The minimum atomic E-state index is -0.378. The standard InChI is InChI=1S/C15H28N2OS/c1-14(2,3)12(16)13(18)17-9-10-19-15(11-17)7-5-4-6-8-15/h12H,4-11,16H2,1-3H3/t12-/m1/s1. The summed E-state index contributed by atoms with van der Waals surface area (Å²) >= 11 is 2.09. The summed E-state index contributed by atoms with van der Waals surface area (Å²) in [6, 6.07) is -0.378. The minimum absolute atomic E-state index is 0.151. The first-order valence-electron chi connectivity index (χ1n) is 7.52. The fourth-order valence-corrected chi connectivity index (χ4v) is 4.67. The first-order valence-corrected chi connectivity index (χ1v) is 8.51. The molecule has 0 unspecified atom stereocenters. The zero-order valence-corrected chi connectivity index (χ0v) is 13.4. The molecule has 0 radical (unpaired) electrons. The summed E-state index contributed by atoms with van der Waals surface area (Å²) in [4.78, 5) is 14.6. The number of carbonyl (C=O) groups is 1. The van der Waals surface area contributed by atoms with Crippen molar-refractivity contribution in [2.45, 2.75) is 63.7 Å². The normalized spacial score (nSPS) is 25.4. The molecule has 1 atom stereocenters. The Morgan fingerprint density at radius 1 is 1.26 bits per heavy atom. The van der Waals surface area contributed by atoms with Gasteiger partial charge in [-0.2, -0.15) is 11.8 Å². The smallest absolute Gasteiger partial charge is 0.240 e. The molecule has 1 heterocycles. The number of thioether (sulfide) groups is 1. The molecule has 0 bridgehead atoms. The van der Waals surface area contributed by atoms with Gasteiger partial charge in [0.05, 0.1) is 6.04 Å². The molecule has 0 aromatic heterocycles. The molecule has 2 aliphatic rings. The van der Waals surface area contributed by atoms with Gasteiger partial charge in [0.1, 0.15) is 0 Å². The van der Waals surface area contributed by atoms with E-state index in [0.29, 0.717) is 4.75 Å². The molecule has 0 aromatic carbocycles. The van der Waals surface area contributed by atoms with Gasteiger partial charge in [0, 0.05) is 23.6 Å². The molecule has 2 rings (SSSR count). The average molecular weight is 284 g/mol. The Bertz CT molecular complexity index is 326. The van der Waals surface area contributed by atoms with Crippen LogP contribution in [0.3, 0.4) is 0 Å². The van der Waals surface area contributed by atoms with Gasteiger partial charge < -0.3 is 10.6 Å². The van der Waals surface area contributed by atoms with Crippen molar-refractivity contribution < 1.29 is 4.79 Å². The summed E-state index contributed by atoms with van der Waals surface area (Å²) in [5, 5.41) is 0. The van der Waals surface area contributed by atoms with Crippen LogP contribution in [0.5, 0.6) is 0 Å². The Hall–Kier alpha value is -0.220. The van der Waals surface area contributed by atoms with Crippen LogP contribution in [0.2, 0.25) is 0 Å². The third kappa shape index (κ3) is 3.46. The van der Waals surface area contributed by atoms with Gasteiger partial charge in [-0.1, -0.05) is 40.0 Å². The van der Waals surface area contributed by atoms with Crippen LogP contribution in [0.25, 0.3) is 0 Å². The van der Waals surface area contributed by atoms with Crippen molar-refractivity contribution in [3.8, 4) is 0 Å². The van der Waals surface area contributed by atoms with E-state index in [1.807, 2.05) is 25.7 Å². The van der Waals surface area contributed by atoms with E-state index < -0.39 is 0 Å². The van der Waals surface area contributed by atoms with Crippen molar-refractivity contribution in [2.75, 3.05) is 18.8 Å². The first kappa shape index (κ1) is 15.2. The van der Waals surface area contributed by atoms with E-state index in [1.54, 1.807) is 0 Å². The van der Waals surface area contributed by atoms with Crippen molar-refractivity contribution in [1.82, 2.24) is 4.90 Å². The third-order valence-electron chi connectivity index (χ3n) is 4.52. The Morgan fingerprint density at radius 3 is 2.47 bits per heavy atom. The van der Waals surface area contributed by atoms with Gasteiger partial charge in [0.2, 0.25) is 5.91 Å². The average Bonchev–Trinajstić information content (AvgIpc) is 2.37. The maximum absolute atomic E-state index is 12.6. The summed E-state index contributed by atoms with van der Waals surface area (Å²) in [6.45, 7) is 7.93. The summed E-state index contributed by atoms with van der Waals surface area (Å²) in [6.07, 6.45) is 6.54. The summed E-state index contributed by atoms with van der Waals surface area (Å²) < 4.78 is 0.337. The highest BCUT2D eigenvalue weighted by molar-refractivity contribution is 8.00. The van der Waals surface area contributed by atoms with Crippen molar-refractivity contribution in [1.29, 1.82) is 0 Å². The maximum atomic E-state index is 12.6. The number of hydrogen-bond acceptors (Lipinski definition) is 3. The van der Waals surface area contributed by atoms with Crippen LogP contribution in [-0.4, -0.2) is 40.4 Å². The van der Waals surface area contributed by atoms with Gasteiger partial charge in [-0.15, -0.1) is 0 Å². The fraction of sp³-hybridized carbons (Fsp3) is 0.933. The zero-order chi connectivity index (χ0) is 14.1. The summed E-state index contributed by atoms with van der Waals surface area (Å²) in [5.74, 6) is 1.22. The molecule has 1 spiro atoms. The molecule has 19 heavy (non-hydrogen) atoms. The molecule has 1 saturated carbocycles. The Morgan fingerprint density at radius 2 is 1.89 bits per heavy atom. The molecule has 1 aliphatic carbocycles. The van der Waals surface area contributed by atoms with Gasteiger partial charge in [-0.05, 0) is 18.3 Å². The van der Waals surface area contributed by atoms with Gasteiger partial charge in [-0.3, -0.25) is 4.79 Å². The molecule has 3 nitrogen and oxygen atoms in total. The van der Waals surface area contributed by atoms with E-state index in [0.717, 1.165) is 18.8 Å². The maximum Gasteiger partial charge on any atom is 0.240 e. The molecular formula is C15H28N2OS. The van der Waals surface area contributed by atoms with E-state index in [2.05, 4.69) is 11.8 Å². The van der Waals surface area contributed by atoms with Crippen LogP contribution in [0.4, 0.5) is 0 Å². The second-order valence-corrected chi connectivity index (χ2v) is 8.76. The number of hydrogen-bond donors (Lipinski definition) is 1. The highest BCUT2D eigenvalue weighted by Gasteiger charge is 2.41. The molecule has 1 aliphatic heterocycles. The van der Waals surface area contributed by atoms with E-state index >= 15 is 0 Å². The molecule has 110 valence electrons. The van der Waals surface area contributed by atoms with Crippen LogP contribution in [-0.2, 0) is 4.79 Å². The van der Waals surface area contributed by atoms with Crippen molar-refractivity contribution in [3.05, 3.63) is 0 Å². The number of nitrogens with zero attached hydrogens (tertiary/aromatic N) is 1. The van der Waals surface area contributed by atoms with E-state index in [-0.39, 0.29) is 17.4 Å². The van der Waals surface area contributed by atoms with Crippen LogP contribution in [0, 0.1) is 5.41 Å². The van der Waals surface area contributed by atoms with Gasteiger partial charge in [0.15, 0.2) is 0 Å². The molecule has 2 fully saturated rings. The minimum Gasteiger partial charge on any atom is -0.339 e. The first-order chi connectivity index (χ1) is 8.84. The third-order valence-corrected chi connectivity index (χ3v) is 6.06. The van der Waals surface area contributed by atoms with E-state index in [4.69, 9.17) is 5.73 Å². The molecule has 0 aromatic rings. The second kappa shape index (κ2) is 5.65. The molecular weight excluding hydrogens is 256 g/mol. The van der Waals surface area contributed by atoms with Gasteiger partial charge in [0.25, 0.3) is 0 Å². The van der Waals surface area contributed by atoms with Crippen molar-refractivity contribution in [3.63, 3.8) is 0 Å². The van der Waals surface area contributed by atoms with Crippen LogP contribution in [0.1, 0.15) is 52.9 Å². The number of carbonyl (C=O) groups excluding carboxylic acids is 1. The highest BCUT2D eigenvalue weighted by Crippen LogP contribution is 2.43. The molecule has 4 heteroatoms. The predicted octanol–water partition coefficient (Wildman–Crippen LogP) is 2.64. The Labute approximate surface area is 121 Å². The fourth-order valence-electron chi connectivity index (χ4n) is 3.10. The zero-order valence-electron chi connectivity index (χ0n) is 12.6. The number of rotatable bonds is 1.